The van der Waals surface area contributed by atoms with Crippen molar-refractivity contribution < 1.29 is 9.18 Å². The zero-order chi connectivity index (χ0) is 14.7. The number of hydrogen-bond acceptors (Lipinski definition) is 1. The van der Waals surface area contributed by atoms with Crippen LogP contribution in [0.15, 0.2) is 48.5 Å². The van der Waals surface area contributed by atoms with Gasteiger partial charge in [0.2, 0.25) is 5.91 Å². The molecule has 0 saturated heterocycles. The van der Waals surface area contributed by atoms with E-state index >= 15 is 0 Å². The fraction of sp³-hybridized carbons (Fsp3) is 0.278. The molecule has 1 unspecified atom stereocenters. The molecule has 0 aromatic heterocycles. The first-order valence-electron chi connectivity index (χ1n) is 7.34. The fourth-order valence-corrected chi connectivity index (χ4v) is 2.93. The van der Waals surface area contributed by atoms with Crippen LogP contribution < -0.4 is 5.32 Å². The minimum absolute atomic E-state index is 0.0287. The zero-order valence-electron chi connectivity index (χ0n) is 11.8. The highest BCUT2D eigenvalue weighted by Gasteiger charge is 2.25. The Morgan fingerprint density at radius 3 is 2.76 bits per heavy atom. The van der Waals surface area contributed by atoms with E-state index in [4.69, 9.17) is 0 Å². The van der Waals surface area contributed by atoms with Gasteiger partial charge in [-0.2, -0.15) is 0 Å². The first-order chi connectivity index (χ1) is 10.2. The number of rotatable bonds is 4. The second-order valence-corrected chi connectivity index (χ2v) is 5.45. The van der Waals surface area contributed by atoms with Crippen LogP contribution in [0.5, 0.6) is 0 Å². The topological polar surface area (TPSA) is 29.1 Å². The van der Waals surface area contributed by atoms with E-state index in [0.717, 1.165) is 29.5 Å². The molecule has 1 aliphatic carbocycles. The number of aryl methyl sites for hydroxylation is 1. The van der Waals surface area contributed by atoms with Gasteiger partial charge in [-0.3, -0.25) is 4.79 Å². The van der Waals surface area contributed by atoms with Crippen LogP contribution in [-0.2, 0) is 17.6 Å². The average molecular weight is 283 g/mol. The SMILES string of the molecule is O=C(CCc1ccccc1)NC1CCc2c(F)cccc21. The highest BCUT2D eigenvalue weighted by Crippen LogP contribution is 2.32. The molecular weight excluding hydrogens is 265 g/mol. The molecule has 0 saturated carbocycles. The Morgan fingerprint density at radius 2 is 1.95 bits per heavy atom. The number of nitrogens with one attached hydrogen (secondary N) is 1. The second-order valence-electron chi connectivity index (χ2n) is 5.45. The molecule has 1 amide bonds. The van der Waals surface area contributed by atoms with Crippen LogP contribution in [0.25, 0.3) is 0 Å². The molecule has 0 radical (unpaired) electrons. The summed E-state index contributed by atoms with van der Waals surface area (Å²) in [5, 5.41) is 3.03. The summed E-state index contributed by atoms with van der Waals surface area (Å²) in [6.45, 7) is 0. The van der Waals surface area contributed by atoms with Crippen molar-refractivity contribution in [1.82, 2.24) is 5.32 Å². The predicted octanol–water partition coefficient (Wildman–Crippen LogP) is 3.56. The number of benzene rings is 2. The van der Waals surface area contributed by atoms with Gasteiger partial charge in [-0.15, -0.1) is 0 Å². The van der Waals surface area contributed by atoms with Crippen molar-refractivity contribution in [2.45, 2.75) is 31.7 Å². The van der Waals surface area contributed by atoms with E-state index in [-0.39, 0.29) is 17.8 Å². The summed E-state index contributed by atoms with van der Waals surface area (Å²) >= 11 is 0. The first kappa shape index (κ1) is 13.8. The Labute approximate surface area is 124 Å². The molecule has 2 aromatic carbocycles. The normalized spacial score (nSPS) is 16.5. The highest BCUT2D eigenvalue weighted by molar-refractivity contribution is 5.77. The summed E-state index contributed by atoms with van der Waals surface area (Å²) in [6.07, 6.45) is 2.68. The summed E-state index contributed by atoms with van der Waals surface area (Å²) in [7, 11) is 0. The molecule has 108 valence electrons. The van der Waals surface area contributed by atoms with E-state index in [0.29, 0.717) is 12.8 Å². The van der Waals surface area contributed by atoms with Crippen molar-refractivity contribution in [1.29, 1.82) is 0 Å². The molecule has 3 heteroatoms. The molecule has 1 aliphatic rings. The summed E-state index contributed by atoms with van der Waals surface area (Å²) in [6, 6.07) is 15.0. The number of carbonyl (C=O) groups is 1. The molecule has 0 heterocycles. The Balaban J connectivity index is 1.59. The number of carbonyl (C=O) groups excluding carboxylic acids is 1. The van der Waals surface area contributed by atoms with Crippen molar-refractivity contribution in [3.05, 3.63) is 71.0 Å². The summed E-state index contributed by atoms with van der Waals surface area (Å²) in [4.78, 5) is 12.1. The van der Waals surface area contributed by atoms with Gasteiger partial charge in [-0.05, 0) is 42.0 Å². The maximum Gasteiger partial charge on any atom is 0.220 e. The van der Waals surface area contributed by atoms with E-state index in [9.17, 15) is 9.18 Å². The van der Waals surface area contributed by atoms with Crippen molar-refractivity contribution in [2.24, 2.45) is 0 Å². The smallest absolute Gasteiger partial charge is 0.220 e. The minimum atomic E-state index is -0.159. The predicted molar refractivity (Wildman–Crippen MR) is 80.4 cm³/mol. The van der Waals surface area contributed by atoms with E-state index < -0.39 is 0 Å². The van der Waals surface area contributed by atoms with Crippen molar-refractivity contribution in [2.75, 3.05) is 0 Å². The van der Waals surface area contributed by atoms with Gasteiger partial charge in [-0.25, -0.2) is 4.39 Å². The molecule has 0 aliphatic heterocycles. The lowest BCUT2D eigenvalue weighted by atomic mass is 10.1. The van der Waals surface area contributed by atoms with Crippen LogP contribution >= 0.6 is 0 Å². The van der Waals surface area contributed by atoms with Crippen LogP contribution in [0.4, 0.5) is 4.39 Å². The molecule has 1 atom stereocenters. The van der Waals surface area contributed by atoms with Gasteiger partial charge < -0.3 is 5.32 Å². The number of halogens is 1. The first-order valence-corrected chi connectivity index (χ1v) is 7.34. The molecule has 2 nitrogen and oxygen atoms in total. The maximum atomic E-state index is 13.7. The summed E-state index contributed by atoms with van der Waals surface area (Å²) < 4.78 is 13.7. The van der Waals surface area contributed by atoms with Gasteiger partial charge in [0.15, 0.2) is 0 Å². The third kappa shape index (κ3) is 3.13. The van der Waals surface area contributed by atoms with Crippen molar-refractivity contribution in [3.8, 4) is 0 Å². The third-order valence-electron chi connectivity index (χ3n) is 4.03. The fourth-order valence-electron chi connectivity index (χ4n) is 2.93. The van der Waals surface area contributed by atoms with Gasteiger partial charge in [0.1, 0.15) is 5.82 Å². The number of fused-ring (bicyclic) bond motifs is 1. The number of amides is 1. The molecule has 0 spiro atoms. The second kappa shape index (κ2) is 6.08. The van der Waals surface area contributed by atoms with Crippen molar-refractivity contribution >= 4 is 5.91 Å². The lowest BCUT2D eigenvalue weighted by Gasteiger charge is -2.14. The largest absolute Gasteiger partial charge is 0.349 e. The van der Waals surface area contributed by atoms with E-state index in [2.05, 4.69) is 5.32 Å². The Morgan fingerprint density at radius 1 is 1.14 bits per heavy atom. The molecule has 3 rings (SSSR count). The van der Waals surface area contributed by atoms with Crippen LogP contribution in [0.2, 0.25) is 0 Å². The Hall–Kier alpha value is -2.16. The van der Waals surface area contributed by atoms with Crippen LogP contribution in [0.3, 0.4) is 0 Å². The lowest BCUT2D eigenvalue weighted by molar-refractivity contribution is -0.121. The minimum Gasteiger partial charge on any atom is -0.349 e. The Bertz CT molecular complexity index is 639. The van der Waals surface area contributed by atoms with Gasteiger partial charge in [-0.1, -0.05) is 42.5 Å². The molecular formula is C18H18FNO. The molecule has 0 bridgehead atoms. The van der Waals surface area contributed by atoms with Crippen molar-refractivity contribution in [3.63, 3.8) is 0 Å². The number of hydrogen-bond donors (Lipinski definition) is 1. The zero-order valence-corrected chi connectivity index (χ0v) is 11.8. The van der Waals surface area contributed by atoms with E-state index in [1.807, 2.05) is 36.4 Å². The van der Waals surface area contributed by atoms with Gasteiger partial charge in [0, 0.05) is 6.42 Å². The highest BCUT2D eigenvalue weighted by atomic mass is 19.1. The third-order valence-corrected chi connectivity index (χ3v) is 4.03. The van der Waals surface area contributed by atoms with Crippen LogP contribution in [0.1, 0.15) is 35.6 Å². The lowest BCUT2D eigenvalue weighted by Crippen LogP contribution is -2.27. The summed E-state index contributed by atoms with van der Waals surface area (Å²) in [5.74, 6) is -0.130. The quantitative estimate of drug-likeness (QED) is 0.913. The van der Waals surface area contributed by atoms with Gasteiger partial charge in [0.25, 0.3) is 0 Å². The standard InChI is InChI=1S/C18H18FNO/c19-16-8-4-7-15-14(16)10-11-17(15)20-18(21)12-9-13-5-2-1-3-6-13/h1-8,17H,9-12H2,(H,20,21). The summed E-state index contributed by atoms with van der Waals surface area (Å²) in [5.41, 5.74) is 2.85. The molecule has 2 aromatic rings. The molecule has 0 fully saturated rings. The molecule has 1 N–H and O–H groups in total. The van der Waals surface area contributed by atoms with Crippen LogP contribution in [-0.4, -0.2) is 5.91 Å². The van der Waals surface area contributed by atoms with E-state index in [1.54, 1.807) is 6.07 Å². The van der Waals surface area contributed by atoms with E-state index in [1.165, 1.54) is 6.07 Å². The maximum absolute atomic E-state index is 13.7. The van der Waals surface area contributed by atoms with Gasteiger partial charge >= 0.3 is 0 Å². The average Bonchev–Trinajstić information content (AvgIpc) is 2.91. The van der Waals surface area contributed by atoms with Gasteiger partial charge in [0.05, 0.1) is 6.04 Å². The van der Waals surface area contributed by atoms with Crippen LogP contribution in [0, 0.1) is 5.82 Å². The Kier molecular flexibility index (Phi) is 4.00. The molecule has 21 heavy (non-hydrogen) atoms. The monoisotopic (exact) mass is 283 g/mol.